The van der Waals surface area contributed by atoms with Gasteiger partial charge < -0.3 is 14.8 Å². The van der Waals surface area contributed by atoms with Crippen molar-refractivity contribution in [3.63, 3.8) is 0 Å². The van der Waals surface area contributed by atoms with Crippen molar-refractivity contribution in [3.8, 4) is 11.4 Å². The maximum atomic E-state index is 5.88. The Hall–Kier alpha value is -1.82. The van der Waals surface area contributed by atoms with Gasteiger partial charge in [-0.1, -0.05) is 10.3 Å². The zero-order valence-corrected chi connectivity index (χ0v) is 9.59. The van der Waals surface area contributed by atoms with Gasteiger partial charge in [0.1, 0.15) is 16.7 Å². The molecule has 0 atom stereocenters. The van der Waals surface area contributed by atoms with Crippen molar-refractivity contribution in [1.29, 1.82) is 0 Å². The van der Waals surface area contributed by atoms with Gasteiger partial charge >= 0.3 is 0 Å². The molecule has 0 radical (unpaired) electrons. The average Bonchev–Trinajstić information content (AvgIpc) is 2.88. The van der Waals surface area contributed by atoms with Crippen molar-refractivity contribution in [1.82, 2.24) is 10.3 Å². The van der Waals surface area contributed by atoms with Crippen LogP contribution in [-0.2, 0) is 0 Å². The van der Waals surface area contributed by atoms with E-state index in [4.69, 9.17) is 14.8 Å². The maximum absolute atomic E-state index is 5.88. The van der Waals surface area contributed by atoms with Crippen molar-refractivity contribution < 1.29 is 9.05 Å². The standard InChI is InChI=1S/C10H9N3O2S/c1-4-3-14-12-7(4)8-10-9(15-13-8)6(11)5(2)16-10/h3H,11H2,1-2H3. The van der Waals surface area contributed by atoms with Crippen LogP contribution in [0.2, 0.25) is 0 Å². The number of nitrogen functional groups attached to an aromatic ring is 1. The molecule has 3 aromatic heterocycles. The molecule has 0 saturated carbocycles. The Morgan fingerprint density at radius 1 is 1.25 bits per heavy atom. The van der Waals surface area contributed by atoms with Crippen LogP contribution in [-0.4, -0.2) is 10.3 Å². The Balaban J connectivity index is 2.33. The summed E-state index contributed by atoms with van der Waals surface area (Å²) in [5.41, 5.74) is 9.51. The van der Waals surface area contributed by atoms with Crippen molar-refractivity contribution in [3.05, 3.63) is 16.7 Å². The van der Waals surface area contributed by atoms with E-state index in [1.54, 1.807) is 17.6 Å². The Kier molecular flexibility index (Phi) is 1.81. The second-order valence-electron chi connectivity index (χ2n) is 3.61. The van der Waals surface area contributed by atoms with Crippen LogP contribution in [0.25, 0.3) is 21.7 Å². The van der Waals surface area contributed by atoms with E-state index in [2.05, 4.69) is 10.3 Å². The van der Waals surface area contributed by atoms with Gasteiger partial charge in [0, 0.05) is 10.4 Å². The first-order valence-corrected chi connectivity index (χ1v) is 5.55. The normalized spacial score (nSPS) is 11.4. The molecule has 0 spiro atoms. The molecule has 0 aromatic carbocycles. The molecule has 6 heteroatoms. The number of nitrogens with two attached hydrogens (primary N) is 1. The maximum Gasteiger partial charge on any atom is 0.201 e. The van der Waals surface area contributed by atoms with Gasteiger partial charge in [-0.3, -0.25) is 0 Å². The van der Waals surface area contributed by atoms with Gasteiger partial charge in [0.15, 0.2) is 5.69 Å². The average molecular weight is 235 g/mol. The van der Waals surface area contributed by atoms with Gasteiger partial charge in [-0.05, 0) is 13.8 Å². The number of fused-ring (bicyclic) bond motifs is 1. The van der Waals surface area contributed by atoms with Crippen LogP contribution in [0.4, 0.5) is 5.69 Å². The van der Waals surface area contributed by atoms with Crippen molar-refractivity contribution >= 4 is 27.3 Å². The van der Waals surface area contributed by atoms with E-state index in [-0.39, 0.29) is 0 Å². The Bertz CT molecular complexity index is 665. The number of aryl methyl sites for hydroxylation is 2. The molecule has 3 heterocycles. The molecule has 0 unspecified atom stereocenters. The van der Waals surface area contributed by atoms with Gasteiger partial charge in [0.2, 0.25) is 5.58 Å². The first kappa shape index (κ1) is 9.41. The molecule has 5 nitrogen and oxygen atoms in total. The first-order valence-electron chi connectivity index (χ1n) is 4.74. The van der Waals surface area contributed by atoms with E-state index in [0.717, 1.165) is 15.1 Å². The molecule has 0 fully saturated rings. The van der Waals surface area contributed by atoms with E-state index in [0.29, 0.717) is 22.7 Å². The van der Waals surface area contributed by atoms with E-state index in [1.807, 2.05) is 13.8 Å². The highest BCUT2D eigenvalue weighted by atomic mass is 32.1. The fourth-order valence-corrected chi connectivity index (χ4v) is 2.56. The molecule has 3 aromatic rings. The van der Waals surface area contributed by atoms with Gasteiger partial charge in [-0.25, -0.2) is 0 Å². The molecule has 2 N–H and O–H groups in total. The molecule has 16 heavy (non-hydrogen) atoms. The number of thiophene rings is 1. The lowest BCUT2D eigenvalue weighted by Gasteiger charge is -1.88. The first-order chi connectivity index (χ1) is 7.68. The van der Waals surface area contributed by atoms with Gasteiger partial charge in [-0.15, -0.1) is 11.3 Å². The summed E-state index contributed by atoms with van der Waals surface area (Å²) in [4.78, 5) is 1.03. The highest BCUT2D eigenvalue weighted by Crippen LogP contribution is 2.39. The van der Waals surface area contributed by atoms with E-state index >= 15 is 0 Å². The lowest BCUT2D eigenvalue weighted by atomic mass is 10.2. The second kappa shape index (κ2) is 3.08. The SMILES string of the molecule is Cc1conc1-c1noc2c(N)c(C)sc12. The molecule has 82 valence electrons. The predicted octanol–water partition coefficient (Wildman–Crippen LogP) is 2.74. The van der Waals surface area contributed by atoms with Gasteiger partial charge in [0.25, 0.3) is 0 Å². The fourth-order valence-electron chi connectivity index (χ4n) is 1.58. The van der Waals surface area contributed by atoms with Crippen LogP contribution < -0.4 is 5.73 Å². The van der Waals surface area contributed by atoms with Crippen LogP contribution in [0.1, 0.15) is 10.4 Å². The summed E-state index contributed by atoms with van der Waals surface area (Å²) in [5.74, 6) is 0. The summed E-state index contributed by atoms with van der Waals surface area (Å²) < 4.78 is 11.1. The fraction of sp³-hybridized carbons (Fsp3) is 0.200. The number of nitrogens with zero attached hydrogens (tertiary/aromatic N) is 2. The van der Waals surface area contributed by atoms with E-state index < -0.39 is 0 Å². The number of aromatic nitrogens is 2. The molecule has 0 aliphatic rings. The Morgan fingerprint density at radius 2 is 2.06 bits per heavy atom. The Morgan fingerprint density at radius 3 is 2.75 bits per heavy atom. The molecular weight excluding hydrogens is 226 g/mol. The van der Waals surface area contributed by atoms with E-state index in [1.165, 1.54) is 0 Å². The monoisotopic (exact) mass is 235 g/mol. The van der Waals surface area contributed by atoms with Crippen molar-refractivity contribution in [2.75, 3.05) is 5.73 Å². The van der Waals surface area contributed by atoms with Gasteiger partial charge in [0.05, 0.1) is 5.69 Å². The summed E-state index contributed by atoms with van der Waals surface area (Å²) in [5, 5.41) is 7.91. The van der Waals surface area contributed by atoms with E-state index in [9.17, 15) is 0 Å². The quantitative estimate of drug-likeness (QED) is 0.701. The minimum atomic E-state index is 0.639. The highest BCUT2D eigenvalue weighted by molar-refractivity contribution is 7.20. The molecule has 3 rings (SSSR count). The van der Waals surface area contributed by atoms with Crippen LogP contribution in [0.15, 0.2) is 15.3 Å². The largest absolute Gasteiger partial charge is 0.395 e. The summed E-state index contributed by atoms with van der Waals surface area (Å²) in [7, 11) is 0. The molecule has 0 bridgehead atoms. The van der Waals surface area contributed by atoms with Gasteiger partial charge in [-0.2, -0.15) is 0 Å². The molecule has 0 amide bonds. The third kappa shape index (κ3) is 1.10. The summed E-state index contributed by atoms with van der Waals surface area (Å²) in [6.45, 7) is 3.87. The topological polar surface area (TPSA) is 78.1 Å². The number of anilines is 1. The summed E-state index contributed by atoms with van der Waals surface area (Å²) >= 11 is 1.56. The lowest BCUT2D eigenvalue weighted by molar-refractivity contribution is 0.419. The molecule has 0 saturated heterocycles. The number of hydrogen-bond acceptors (Lipinski definition) is 6. The second-order valence-corrected chi connectivity index (χ2v) is 4.83. The summed E-state index contributed by atoms with van der Waals surface area (Å²) in [6.07, 6.45) is 1.58. The lowest BCUT2D eigenvalue weighted by Crippen LogP contribution is -1.81. The molecule has 0 aliphatic carbocycles. The summed E-state index contributed by atoms with van der Waals surface area (Å²) in [6, 6.07) is 0. The number of hydrogen-bond donors (Lipinski definition) is 1. The molecular formula is C10H9N3O2S. The zero-order chi connectivity index (χ0) is 11.3. The highest BCUT2D eigenvalue weighted by Gasteiger charge is 2.20. The molecule has 0 aliphatic heterocycles. The third-order valence-electron chi connectivity index (χ3n) is 2.50. The van der Waals surface area contributed by atoms with Crippen LogP contribution in [0, 0.1) is 13.8 Å². The van der Waals surface area contributed by atoms with Crippen molar-refractivity contribution in [2.45, 2.75) is 13.8 Å². The minimum absolute atomic E-state index is 0.639. The van der Waals surface area contributed by atoms with Crippen LogP contribution in [0.5, 0.6) is 0 Å². The smallest absolute Gasteiger partial charge is 0.201 e. The van der Waals surface area contributed by atoms with Crippen LogP contribution >= 0.6 is 11.3 Å². The Labute approximate surface area is 94.8 Å². The third-order valence-corrected chi connectivity index (χ3v) is 3.61. The minimum Gasteiger partial charge on any atom is -0.395 e. The number of rotatable bonds is 1. The van der Waals surface area contributed by atoms with Crippen molar-refractivity contribution in [2.24, 2.45) is 0 Å². The predicted molar refractivity (Wildman–Crippen MR) is 61.3 cm³/mol. The zero-order valence-electron chi connectivity index (χ0n) is 8.77. The van der Waals surface area contributed by atoms with Crippen LogP contribution in [0.3, 0.4) is 0 Å².